The lowest BCUT2D eigenvalue weighted by atomic mass is 10.1. The lowest BCUT2D eigenvalue weighted by molar-refractivity contribution is 1.00. The maximum absolute atomic E-state index is 5.87. The molecule has 0 radical (unpaired) electrons. The Morgan fingerprint density at radius 3 is 2.62 bits per heavy atom. The van der Waals surface area contributed by atoms with Crippen LogP contribution in [0.3, 0.4) is 0 Å². The lowest BCUT2D eigenvalue weighted by Crippen LogP contribution is -1.82. The van der Waals surface area contributed by atoms with E-state index in [9.17, 15) is 0 Å². The zero-order valence-corrected chi connectivity index (χ0v) is 10.0. The Bertz CT molecular complexity index is 308. The van der Waals surface area contributed by atoms with Crippen LogP contribution < -0.4 is 0 Å². The zero-order chi connectivity index (χ0) is 9.68. The van der Waals surface area contributed by atoms with Crippen LogP contribution in [0.4, 0.5) is 0 Å². The standard InChI is InChI=1S/C10H9BrCl2/c11-6-2-1-3-8-4-5-9(12)10(13)7-8/h2,4-7H,1,3H2. The van der Waals surface area contributed by atoms with E-state index in [1.165, 1.54) is 5.56 Å². The third-order valence-electron chi connectivity index (χ3n) is 1.67. The Kier molecular flexibility index (Phi) is 4.86. The van der Waals surface area contributed by atoms with Gasteiger partial charge in [0.1, 0.15) is 0 Å². The fourth-order valence-corrected chi connectivity index (χ4v) is 1.59. The van der Waals surface area contributed by atoms with Gasteiger partial charge >= 0.3 is 0 Å². The van der Waals surface area contributed by atoms with Gasteiger partial charge in [0.25, 0.3) is 0 Å². The Hall–Kier alpha value is 0.0200. The van der Waals surface area contributed by atoms with Crippen LogP contribution in [-0.2, 0) is 6.42 Å². The van der Waals surface area contributed by atoms with E-state index in [2.05, 4.69) is 22.0 Å². The molecule has 0 unspecified atom stereocenters. The van der Waals surface area contributed by atoms with Crippen molar-refractivity contribution in [3.8, 4) is 0 Å². The summed E-state index contributed by atoms with van der Waals surface area (Å²) in [6.45, 7) is 0. The minimum absolute atomic E-state index is 0.612. The molecule has 0 fully saturated rings. The summed E-state index contributed by atoms with van der Waals surface area (Å²) in [7, 11) is 0. The van der Waals surface area contributed by atoms with Crippen molar-refractivity contribution in [3.05, 3.63) is 44.9 Å². The van der Waals surface area contributed by atoms with Crippen molar-refractivity contribution in [3.63, 3.8) is 0 Å². The quantitative estimate of drug-likeness (QED) is 0.743. The molecular weight excluding hydrogens is 271 g/mol. The number of allylic oxidation sites excluding steroid dienone is 1. The molecule has 0 amide bonds. The highest BCUT2D eigenvalue weighted by atomic mass is 79.9. The Morgan fingerprint density at radius 1 is 1.23 bits per heavy atom. The molecule has 1 aromatic rings. The maximum Gasteiger partial charge on any atom is 0.0595 e. The maximum atomic E-state index is 5.87. The van der Waals surface area contributed by atoms with Crippen LogP contribution in [0, 0.1) is 0 Å². The molecule has 0 heterocycles. The Morgan fingerprint density at radius 2 is 2.00 bits per heavy atom. The number of hydrogen-bond donors (Lipinski definition) is 0. The fourth-order valence-electron chi connectivity index (χ4n) is 1.01. The molecule has 0 aliphatic heterocycles. The molecule has 0 nitrogen and oxygen atoms in total. The van der Waals surface area contributed by atoms with E-state index in [4.69, 9.17) is 23.2 Å². The highest BCUT2D eigenvalue weighted by Gasteiger charge is 1.97. The SMILES string of the molecule is Clc1ccc(CCC=CBr)cc1Cl. The molecule has 0 bridgehead atoms. The molecule has 70 valence electrons. The van der Waals surface area contributed by atoms with Crippen LogP contribution in [0.1, 0.15) is 12.0 Å². The summed E-state index contributed by atoms with van der Waals surface area (Å²) in [4.78, 5) is 1.87. The van der Waals surface area contributed by atoms with Gasteiger partial charge in [-0.15, -0.1) is 0 Å². The molecular formula is C10H9BrCl2. The second-order valence-corrected chi connectivity index (χ2v) is 3.99. The van der Waals surface area contributed by atoms with Crippen molar-refractivity contribution in [1.29, 1.82) is 0 Å². The van der Waals surface area contributed by atoms with E-state index in [1.807, 2.05) is 23.2 Å². The van der Waals surface area contributed by atoms with Crippen LogP contribution in [0.2, 0.25) is 10.0 Å². The summed E-state index contributed by atoms with van der Waals surface area (Å²) in [6.07, 6.45) is 4.05. The summed E-state index contributed by atoms with van der Waals surface area (Å²) in [5.74, 6) is 0. The largest absolute Gasteiger partial charge is 0.0827 e. The van der Waals surface area contributed by atoms with E-state index in [-0.39, 0.29) is 0 Å². The summed E-state index contributed by atoms with van der Waals surface area (Å²) in [5, 5.41) is 1.24. The predicted molar refractivity (Wildman–Crippen MR) is 62.9 cm³/mol. The summed E-state index contributed by atoms with van der Waals surface area (Å²) in [5.41, 5.74) is 1.21. The molecule has 1 rings (SSSR count). The van der Waals surface area contributed by atoms with Crippen LogP contribution in [0.15, 0.2) is 29.3 Å². The summed E-state index contributed by atoms with van der Waals surface area (Å²) in [6, 6.07) is 5.74. The van der Waals surface area contributed by atoms with Crippen molar-refractivity contribution in [1.82, 2.24) is 0 Å². The molecule has 0 N–H and O–H groups in total. The third-order valence-corrected chi connectivity index (χ3v) is 2.79. The molecule has 13 heavy (non-hydrogen) atoms. The Balaban J connectivity index is 2.63. The first-order chi connectivity index (χ1) is 6.24. The lowest BCUT2D eigenvalue weighted by Gasteiger charge is -2.00. The number of hydrogen-bond acceptors (Lipinski definition) is 0. The minimum Gasteiger partial charge on any atom is -0.0827 e. The highest BCUT2D eigenvalue weighted by molar-refractivity contribution is 9.11. The van der Waals surface area contributed by atoms with Gasteiger partial charge in [-0.05, 0) is 35.5 Å². The molecule has 0 aliphatic rings. The zero-order valence-electron chi connectivity index (χ0n) is 6.93. The van der Waals surface area contributed by atoms with Crippen molar-refractivity contribution in [2.75, 3.05) is 0 Å². The van der Waals surface area contributed by atoms with E-state index in [1.54, 1.807) is 0 Å². The number of halogens is 3. The van der Waals surface area contributed by atoms with Gasteiger partial charge in [0.15, 0.2) is 0 Å². The topological polar surface area (TPSA) is 0 Å². The van der Waals surface area contributed by atoms with Gasteiger partial charge in [0.2, 0.25) is 0 Å². The fraction of sp³-hybridized carbons (Fsp3) is 0.200. The molecule has 0 spiro atoms. The first-order valence-corrected chi connectivity index (χ1v) is 5.60. The van der Waals surface area contributed by atoms with Crippen LogP contribution in [-0.4, -0.2) is 0 Å². The molecule has 1 aromatic carbocycles. The summed E-state index contributed by atoms with van der Waals surface area (Å²) < 4.78 is 0. The second kappa shape index (κ2) is 5.69. The van der Waals surface area contributed by atoms with Crippen molar-refractivity contribution in [2.24, 2.45) is 0 Å². The number of aryl methyl sites for hydroxylation is 1. The van der Waals surface area contributed by atoms with Gasteiger partial charge in [-0.2, -0.15) is 0 Å². The van der Waals surface area contributed by atoms with Gasteiger partial charge in [0, 0.05) is 0 Å². The van der Waals surface area contributed by atoms with Crippen molar-refractivity contribution < 1.29 is 0 Å². The van der Waals surface area contributed by atoms with Gasteiger partial charge in [-0.3, -0.25) is 0 Å². The predicted octanol–water partition coefficient (Wildman–Crippen LogP) is 4.83. The van der Waals surface area contributed by atoms with Gasteiger partial charge < -0.3 is 0 Å². The highest BCUT2D eigenvalue weighted by Crippen LogP contribution is 2.23. The van der Waals surface area contributed by atoms with E-state index in [0.717, 1.165) is 12.8 Å². The molecule has 0 saturated heterocycles. The van der Waals surface area contributed by atoms with E-state index in [0.29, 0.717) is 10.0 Å². The molecule has 0 saturated carbocycles. The average molecular weight is 280 g/mol. The van der Waals surface area contributed by atoms with Gasteiger partial charge in [0.05, 0.1) is 10.0 Å². The first kappa shape index (κ1) is 11.1. The Labute approximate surface area is 96.7 Å². The van der Waals surface area contributed by atoms with Gasteiger partial charge in [-0.1, -0.05) is 51.3 Å². The molecule has 0 aliphatic carbocycles. The van der Waals surface area contributed by atoms with Crippen molar-refractivity contribution in [2.45, 2.75) is 12.8 Å². The molecule has 3 heteroatoms. The van der Waals surface area contributed by atoms with Gasteiger partial charge in [-0.25, -0.2) is 0 Å². The number of rotatable bonds is 3. The second-order valence-electron chi connectivity index (χ2n) is 2.65. The molecule has 0 aromatic heterocycles. The monoisotopic (exact) mass is 278 g/mol. The third kappa shape index (κ3) is 3.72. The van der Waals surface area contributed by atoms with Crippen LogP contribution >= 0.6 is 39.1 Å². The van der Waals surface area contributed by atoms with Crippen LogP contribution in [0.5, 0.6) is 0 Å². The van der Waals surface area contributed by atoms with E-state index < -0.39 is 0 Å². The first-order valence-electron chi connectivity index (χ1n) is 3.93. The average Bonchev–Trinajstić information content (AvgIpc) is 2.12. The van der Waals surface area contributed by atoms with E-state index >= 15 is 0 Å². The minimum atomic E-state index is 0.612. The normalized spacial score (nSPS) is 11.0. The van der Waals surface area contributed by atoms with Crippen molar-refractivity contribution >= 4 is 39.1 Å². The van der Waals surface area contributed by atoms with Crippen LogP contribution in [0.25, 0.3) is 0 Å². The number of benzene rings is 1. The summed E-state index contributed by atoms with van der Waals surface area (Å²) >= 11 is 14.9. The molecule has 0 atom stereocenters. The smallest absolute Gasteiger partial charge is 0.0595 e.